The number of rotatable bonds is 4. The van der Waals surface area contributed by atoms with E-state index in [9.17, 15) is 4.79 Å². The van der Waals surface area contributed by atoms with Gasteiger partial charge < -0.3 is 19.8 Å². The van der Waals surface area contributed by atoms with E-state index in [1.165, 1.54) is 23.7 Å². The van der Waals surface area contributed by atoms with Crippen molar-refractivity contribution in [2.24, 2.45) is 13.0 Å². The van der Waals surface area contributed by atoms with Crippen LogP contribution in [0.3, 0.4) is 0 Å². The van der Waals surface area contributed by atoms with E-state index in [1.54, 1.807) is 0 Å². The number of imidazole rings is 1. The van der Waals surface area contributed by atoms with Crippen LogP contribution in [0.1, 0.15) is 36.5 Å². The number of hydrogen-bond acceptors (Lipinski definition) is 3. The molecular formula is C26H29N5O. The summed E-state index contributed by atoms with van der Waals surface area (Å²) in [4.78, 5) is 18.1. The quantitative estimate of drug-likeness (QED) is 0.516. The molecule has 2 N–H and O–H groups in total. The molecule has 3 heterocycles. The number of carbonyl (C=O) groups is 1. The average Bonchev–Trinajstić information content (AvgIpc) is 3.24. The van der Waals surface area contributed by atoms with E-state index < -0.39 is 0 Å². The molecule has 0 radical (unpaired) electrons. The van der Waals surface area contributed by atoms with Crippen LogP contribution in [0.25, 0.3) is 33.5 Å². The van der Waals surface area contributed by atoms with Gasteiger partial charge in [0, 0.05) is 36.6 Å². The minimum Gasteiger partial charge on any atom is -0.345 e. The molecule has 2 aromatic carbocycles. The summed E-state index contributed by atoms with van der Waals surface area (Å²) in [7, 11) is 2.05. The largest absolute Gasteiger partial charge is 0.345 e. The van der Waals surface area contributed by atoms with Gasteiger partial charge in [0.1, 0.15) is 0 Å². The van der Waals surface area contributed by atoms with Gasteiger partial charge in [-0.25, -0.2) is 4.98 Å². The Bertz CT molecular complexity index is 1350. The van der Waals surface area contributed by atoms with Gasteiger partial charge in [-0.1, -0.05) is 18.2 Å². The summed E-state index contributed by atoms with van der Waals surface area (Å²) >= 11 is 0. The monoisotopic (exact) mass is 427 g/mol. The highest BCUT2D eigenvalue weighted by Crippen LogP contribution is 2.47. The van der Waals surface area contributed by atoms with Crippen molar-refractivity contribution >= 4 is 27.8 Å². The lowest BCUT2D eigenvalue weighted by atomic mass is 10.1. The Morgan fingerprint density at radius 3 is 2.97 bits per heavy atom. The van der Waals surface area contributed by atoms with Gasteiger partial charge in [-0.3, -0.25) is 4.79 Å². The minimum atomic E-state index is -0.0557. The fourth-order valence-electron chi connectivity index (χ4n) is 5.56. The number of hydrogen-bond donors (Lipinski definition) is 2. The van der Waals surface area contributed by atoms with Gasteiger partial charge in [-0.05, 0) is 69.0 Å². The summed E-state index contributed by atoms with van der Waals surface area (Å²) in [6.45, 7) is 4.96. The second kappa shape index (κ2) is 7.20. The van der Waals surface area contributed by atoms with Gasteiger partial charge in [0.25, 0.3) is 5.91 Å². The zero-order valence-electron chi connectivity index (χ0n) is 18.7. The maximum Gasteiger partial charge on any atom is 0.251 e. The van der Waals surface area contributed by atoms with Crippen molar-refractivity contribution in [1.82, 2.24) is 24.8 Å². The number of nitrogens with zero attached hydrogens (tertiary/aromatic N) is 3. The predicted octanol–water partition coefficient (Wildman–Crippen LogP) is 4.09. The number of carbonyl (C=O) groups excluding carboxylic acids is 1. The highest BCUT2D eigenvalue weighted by molar-refractivity contribution is 5.98. The third-order valence-electron chi connectivity index (χ3n) is 7.44. The van der Waals surface area contributed by atoms with Crippen LogP contribution in [0.4, 0.5) is 0 Å². The summed E-state index contributed by atoms with van der Waals surface area (Å²) in [6.07, 6.45) is 3.48. The molecule has 6 heteroatoms. The first kappa shape index (κ1) is 19.6. The smallest absolute Gasteiger partial charge is 0.251 e. The Morgan fingerprint density at radius 2 is 2.09 bits per heavy atom. The Kier molecular flexibility index (Phi) is 4.40. The summed E-state index contributed by atoms with van der Waals surface area (Å²) in [5, 5.41) is 8.04. The summed E-state index contributed by atoms with van der Waals surface area (Å²) < 4.78 is 4.43. The lowest BCUT2D eigenvalue weighted by Crippen LogP contribution is -2.45. The summed E-state index contributed by atoms with van der Waals surface area (Å²) in [6, 6.07) is 16.5. The van der Waals surface area contributed by atoms with Crippen molar-refractivity contribution < 1.29 is 4.79 Å². The van der Waals surface area contributed by atoms with Gasteiger partial charge in [0.15, 0.2) is 5.82 Å². The fraction of sp³-hybridized carbons (Fsp3) is 0.385. The number of aryl methyl sites for hydroxylation is 2. The number of para-hydroxylation sites is 1. The van der Waals surface area contributed by atoms with E-state index in [4.69, 9.17) is 4.98 Å². The first-order valence-electron chi connectivity index (χ1n) is 11.7. The Morgan fingerprint density at radius 1 is 1.22 bits per heavy atom. The van der Waals surface area contributed by atoms with Crippen LogP contribution in [-0.2, 0) is 13.6 Å². The van der Waals surface area contributed by atoms with Crippen LogP contribution in [0.5, 0.6) is 0 Å². The molecule has 2 aromatic heterocycles. The van der Waals surface area contributed by atoms with Gasteiger partial charge in [-0.2, -0.15) is 0 Å². The predicted molar refractivity (Wildman–Crippen MR) is 128 cm³/mol. The fourth-order valence-corrected chi connectivity index (χ4v) is 5.56. The third kappa shape index (κ3) is 2.97. The second-order valence-electron chi connectivity index (χ2n) is 9.36. The molecule has 0 spiro atoms. The lowest BCUT2D eigenvalue weighted by Gasteiger charge is -2.18. The molecule has 1 saturated carbocycles. The number of amides is 1. The normalized spacial score (nSPS) is 22.6. The van der Waals surface area contributed by atoms with E-state index in [2.05, 4.69) is 57.0 Å². The molecule has 1 amide bonds. The molecule has 2 unspecified atom stereocenters. The van der Waals surface area contributed by atoms with Crippen molar-refractivity contribution in [1.29, 1.82) is 0 Å². The van der Waals surface area contributed by atoms with Gasteiger partial charge in [0.05, 0.1) is 22.3 Å². The standard InChI is InChI=1S/C26H29N5O/c1-3-31-21-9-5-4-7-17(21)14-23(31)24-28-20-13-18(10-11-22(20)30(24)2)25(32)29-26-15-19(26)8-6-12-27-16-26/h4-5,7,9-11,13-14,19,27H,3,6,8,12,15-16H2,1-2H3,(H,29,32). The third-order valence-corrected chi connectivity index (χ3v) is 7.44. The van der Waals surface area contributed by atoms with Crippen LogP contribution in [-0.4, -0.2) is 38.7 Å². The second-order valence-corrected chi connectivity index (χ2v) is 9.36. The average molecular weight is 428 g/mol. The molecule has 2 aliphatic rings. The maximum atomic E-state index is 13.1. The molecule has 1 aliphatic heterocycles. The van der Waals surface area contributed by atoms with E-state index in [1.807, 2.05) is 25.2 Å². The van der Waals surface area contributed by atoms with Crippen molar-refractivity contribution in [3.8, 4) is 11.5 Å². The van der Waals surface area contributed by atoms with E-state index in [-0.39, 0.29) is 11.4 Å². The van der Waals surface area contributed by atoms with Crippen LogP contribution in [0.15, 0.2) is 48.5 Å². The van der Waals surface area contributed by atoms with Crippen LogP contribution in [0.2, 0.25) is 0 Å². The molecule has 2 atom stereocenters. The highest BCUT2D eigenvalue weighted by Gasteiger charge is 2.54. The Balaban J connectivity index is 1.36. The molecular weight excluding hydrogens is 398 g/mol. The maximum absolute atomic E-state index is 13.1. The molecule has 1 aliphatic carbocycles. The first-order valence-corrected chi connectivity index (χ1v) is 11.7. The Hall–Kier alpha value is -3.12. The highest BCUT2D eigenvalue weighted by atomic mass is 16.1. The molecule has 6 nitrogen and oxygen atoms in total. The molecule has 32 heavy (non-hydrogen) atoms. The van der Waals surface area contributed by atoms with Gasteiger partial charge >= 0.3 is 0 Å². The zero-order chi connectivity index (χ0) is 21.9. The summed E-state index contributed by atoms with van der Waals surface area (Å²) in [5.41, 5.74) is 4.83. The van der Waals surface area contributed by atoms with Crippen LogP contribution in [0, 0.1) is 5.92 Å². The molecule has 4 aromatic rings. The minimum absolute atomic E-state index is 0.00738. The molecule has 1 saturated heterocycles. The van der Waals surface area contributed by atoms with E-state index in [0.29, 0.717) is 11.5 Å². The van der Waals surface area contributed by atoms with Crippen molar-refractivity contribution in [2.45, 2.75) is 38.3 Å². The van der Waals surface area contributed by atoms with Crippen LogP contribution >= 0.6 is 0 Å². The number of nitrogens with one attached hydrogen (secondary N) is 2. The topological polar surface area (TPSA) is 63.9 Å². The number of fused-ring (bicyclic) bond motifs is 3. The van der Waals surface area contributed by atoms with Crippen molar-refractivity contribution in [2.75, 3.05) is 13.1 Å². The van der Waals surface area contributed by atoms with Crippen molar-refractivity contribution in [3.63, 3.8) is 0 Å². The summed E-state index contributed by atoms with van der Waals surface area (Å²) in [5.74, 6) is 1.54. The molecule has 0 bridgehead atoms. The molecule has 164 valence electrons. The molecule has 2 fully saturated rings. The SMILES string of the molecule is CCn1c(-c2nc3cc(C(=O)NC45CNCCCC4C5)ccc3n2C)cc2ccccc21. The van der Waals surface area contributed by atoms with Gasteiger partial charge in [-0.15, -0.1) is 0 Å². The number of benzene rings is 2. The van der Waals surface area contributed by atoms with Crippen molar-refractivity contribution in [3.05, 3.63) is 54.1 Å². The van der Waals surface area contributed by atoms with Crippen LogP contribution < -0.4 is 10.6 Å². The zero-order valence-corrected chi connectivity index (χ0v) is 18.7. The van der Waals surface area contributed by atoms with E-state index >= 15 is 0 Å². The van der Waals surface area contributed by atoms with Gasteiger partial charge in [0.2, 0.25) is 0 Å². The lowest BCUT2D eigenvalue weighted by molar-refractivity contribution is 0.0928. The first-order chi connectivity index (χ1) is 15.6. The Labute approximate surface area is 187 Å². The molecule has 6 rings (SSSR count). The number of aromatic nitrogens is 3. The van der Waals surface area contributed by atoms with E-state index in [0.717, 1.165) is 48.6 Å².